The number of nitrogens with one attached hydrogen (secondary N) is 1. The second-order valence-corrected chi connectivity index (χ2v) is 10.0. The number of alkyl halides is 2. The predicted molar refractivity (Wildman–Crippen MR) is 141 cm³/mol. The lowest BCUT2D eigenvalue weighted by atomic mass is 9.95. The summed E-state index contributed by atoms with van der Waals surface area (Å²) in [6.45, 7) is 9.61. The standard InChI is InChI=1S/C29H31F2N5O/c1-20-4-5-23(24-12-22(14-32-15-24)17-36-11-8-29(30,31)19-36)13-27(20)21(2)28(37)34-25-6-7-26(33-16-25)18-35-9-3-10-35/h4-7,12-16H,2-3,8-11,17-19H2,1H3,(H,34,37). The molecule has 0 atom stereocenters. The highest BCUT2D eigenvalue weighted by atomic mass is 19.3. The van der Waals surface area contributed by atoms with E-state index in [4.69, 9.17) is 0 Å². The first-order valence-corrected chi connectivity index (χ1v) is 12.6. The number of aromatic nitrogens is 2. The van der Waals surface area contributed by atoms with Crippen LogP contribution in [0.5, 0.6) is 0 Å². The van der Waals surface area contributed by atoms with Gasteiger partial charge in [0.2, 0.25) is 0 Å². The van der Waals surface area contributed by atoms with Crippen molar-refractivity contribution in [3.8, 4) is 11.1 Å². The monoisotopic (exact) mass is 503 g/mol. The van der Waals surface area contributed by atoms with E-state index in [2.05, 4.69) is 26.8 Å². The highest BCUT2D eigenvalue weighted by Crippen LogP contribution is 2.30. The van der Waals surface area contributed by atoms with E-state index >= 15 is 0 Å². The Morgan fingerprint density at radius 3 is 2.54 bits per heavy atom. The Morgan fingerprint density at radius 1 is 1.03 bits per heavy atom. The molecule has 2 aliphatic rings. The number of anilines is 1. The molecule has 2 fully saturated rings. The summed E-state index contributed by atoms with van der Waals surface area (Å²) >= 11 is 0. The van der Waals surface area contributed by atoms with Crippen LogP contribution in [-0.2, 0) is 17.9 Å². The van der Waals surface area contributed by atoms with E-state index in [1.165, 1.54) is 6.42 Å². The molecule has 0 unspecified atom stereocenters. The zero-order valence-electron chi connectivity index (χ0n) is 21.0. The minimum absolute atomic E-state index is 0.107. The minimum atomic E-state index is -2.62. The second-order valence-electron chi connectivity index (χ2n) is 10.0. The molecule has 3 aromatic rings. The number of nitrogens with zero attached hydrogens (tertiary/aromatic N) is 4. The quantitative estimate of drug-likeness (QED) is 0.431. The molecule has 2 aromatic heterocycles. The Morgan fingerprint density at radius 2 is 1.86 bits per heavy atom. The van der Waals surface area contributed by atoms with E-state index in [1.54, 1.807) is 23.5 Å². The number of hydrogen-bond acceptors (Lipinski definition) is 5. The SMILES string of the molecule is C=C(C(=O)Nc1ccc(CN2CCC2)nc1)c1cc(-c2cncc(CN3CCC(F)(F)C3)c2)ccc1C. The van der Waals surface area contributed by atoms with Gasteiger partial charge in [-0.05, 0) is 73.0 Å². The summed E-state index contributed by atoms with van der Waals surface area (Å²) in [4.78, 5) is 25.9. The Bertz CT molecular complexity index is 1300. The van der Waals surface area contributed by atoms with Crippen LogP contribution in [0.4, 0.5) is 14.5 Å². The van der Waals surface area contributed by atoms with E-state index in [0.717, 1.165) is 53.1 Å². The third-order valence-electron chi connectivity index (χ3n) is 7.04. The molecular formula is C29H31F2N5O. The van der Waals surface area contributed by atoms with E-state index < -0.39 is 5.92 Å². The number of rotatable bonds is 8. The lowest BCUT2D eigenvalue weighted by molar-refractivity contribution is -0.111. The van der Waals surface area contributed by atoms with Gasteiger partial charge in [0.05, 0.1) is 24.1 Å². The van der Waals surface area contributed by atoms with Crippen LogP contribution >= 0.6 is 0 Å². The maximum Gasteiger partial charge on any atom is 0.261 e. The predicted octanol–water partition coefficient (Wildman–Crippen LogP) is 5.15. The Hall–Kier alpha value is -3.49. The number of amides is 1. The van der Waals surface area contributed by atoms with Crippen molar-refractivity contribution in [2.24, 2.45) is 0 Å². The van der Waals surface area contributed by atoms with Crippen molar-refractivity contribution in [1.29, 1.82) is 0 Å². The van der Waals surface area contributed by atoms with E-state index in [9.17, 15) is 13.6 Å². The second kappa shape index (κ2) is 10.5. The fraction of sp³-hybridized carbons (Fsp3) is 0.345. The maximum absolute atomic E-state index is 13.6. The molecule has 2 aliphatic heterocycles. The Kier molecular flexibility index (Phi) is 7.13. The lowest BCUT2D eigenvalue weighted by Gasteiger charge is -2.30. The highest BCUT2D eigenvalue weighted by molar-refractivity contribution is 6.25. The van der Waals surface area contributed by atoms with Crippen LogP contribution in [0, 0.1) is 6.92 Å². The van der Waals surface area contributed by atoms with Gasteiger partial charge in [-0.15, -0.1) is 0 Å². The number of carbonyl (C=O) groups excluding carboxylic acids is 1. The Labute approximate surface area is 216 Å². The van der Waals surface area contributed by atoms with Crippen LogP contribution < -0.4 is 5.32 Å². The van der Waals surface area contributed by atoms with Gasteiger partial charge in [0, 0.05) is 49.6 Å². The normalized spacial score (nSPS) is 17.4. The van der Waals surface area contributed by atoms with Gasteiger partial charge in [-0.25, -0.2) is 8.78 Å². The number of pyridine rings is 2. The molecule has 4 heterocycles. The van der Waals surface area contributed by atoms with Crippen LogP contribution in [0.3, 0.4) is 0 Å². The van der Waals surface area contributed by atoms with Crippen molar-refractivity contribution in [2.75, 3.05) is 31.5 Å². The van der Waals surface area contributed by atoms with Crippen molar-refractivity contribution in [3.05, 3.63) is 84.0 Å². The first-order chi connectivity index (χ1) is 17.8. The molecule has 5 rings (SSSR count). The van der Waals surface area contributed by atoms with Gasteiger partial charge in [0.1, 0.15) is 0 Å². The van der Waals surface area contributed by atoms with Gasteiger partial charge in [-0.2, -0.15) is 0 Å². The summed E-state index contributed by atoms with van der Waals surface area (Å²) in [7, 11) is 0. The van der Waals surface area contributed by atoms with Crippen molar-refractivity contribution in [2.45, 2.75) is 38.8 Å². The molecular weight excluding hydrogens is 472 g/mol. The fourth-order valence-electron chi connectivity index (χ4n) is 4.75. The van der Waals surface area contributed by atoms with Crippen LogP contribution in [0.2, 0.25) is 0 Å². The molecule has 1 N–H and O–H groups in total. The van der Waals surface area contributed by atoms with Gasteiger partial charge in [-0.3, -0.25) is 24.6 Å². The molecule has 0 spiro atoms. The van der Waals surface area contributed by atoms with Gasteiger partial charge in [0.15, 0.2) is 0 Å². The fourth-order valence-corrected chi connectivity index (χ4v) is 4.75. The average molecular weight is 504 g/mol. The average Bonchev–Trinajstić information content (AvgIpc) is 3.20. The molecule has 0 bridgehead atoms. The molecule has 1 amide bonds. The zero-order valence-corrected chi connectivity index (χ0v) is 21.0. The van der Waals surface area contributed by atoms with Crippen molar-refractivity contribution >= 4 is 17.2 Å². The van der Waals surface area contributed by atoms with Crippen molar-refractivity contribution in [1.82, 2.24) is 19.8 Å². The van der Waals surface area contributed by atoms with Crippen LogP contribution in [-0.4, -0.2) is 57.8 Å². The summed E-state index contributed by atoms with van der Waals surface area (Å²) < 4.78 is 27.2. The molecule has 0 saturated carbocycles. The number of likely N-dealkylation sites (tertiary alicyclic amines) is 2. The van der Waals surface area contributed by atoms with Crippen LogP contribution in [0.15, 0.2) is 61.6 Å². The van der Waals surface area contributed by atoms with Gasteiger partial charge in [0.25, 0.3) is 11.8 Å². The largest absolute Gasteiger partial charge is 0.321 e. The highest BCUT2D eigenvalue weighted by Gasteiger charge is 2.37. The molecule has 2 saturated heterocycles. The molecule has 0 radical (unpaired) electrons. The topological polar surface area (TPSA) is 61.4 Å². The maximum atomic E-state index is 13.6. The smallest absolute Gasteiger partial charge is 0.261 e. The molecule has 8 heteroatoms. The zero-order chi connectivity index (χ0) is 26.0. The molecule has 6 nitrogen and oxygen atoms in total. The van der Waals surface area contributed by atoms with Gasteiger partial charge in [-0.1, -0.05) is 18.7 Å². The lowest BCUT2D eigenvalue weighted by Crippen LogP contribution is -2.36. The molecule has 192 valence electrons. The van der Waals surface area contributed by atoms with E-state index in [1.807, 2.05) is 43.3 Å². The first kappa shape index (κ1) is 25.2. The molecule has 0 aliphatic carbocycles. The summed E-state index contributed by atoms with van der Waals surface area (Å²) in [6.07, 6.45) is 6.26. The first-order valence-electron chi connectivity index (χ1n) is 12.6. The number of benzene rings is 1. The summed E-state index contributed by atoms with van der Waals surface area (Å²) in [5.74, 6) is -2.91. The number of halogens is 2. The number of carbonyl (C=O) groups is 1. The van der Waals surface area contributed by atoms with E-state index in [-0.39, 0.29) is 18.9 Å². The molecule has 37 heavy (non-hydrogen) atoms. The number of hydrogen-bond donors (Lipinski definition) is 1. The van der Waals surface area contributed by atoms with Gasteiger partial charge >= 0.3 is 0 Å². The van der Waals surface area contributed by atoms with Crippen LogP contribution in [0.1, 0.15) is 35.2 Å². The Balaban J connectivity index is 1.27. The summed E-state index contributed by atoms with van der Waals surface area (Å²) in [5.41, 5.74) is 6.24. The third kappa shape index (κ3) is 6.09. The van der Waals surface area contributed by atoms with Crippen molar-refractivity contribution in [3.63, 3.8) is 0 Å². The summed E-state index contributed by atoms with van der Waals surface area (Å²) in [5, 5.41) is 2.90. The minimum Gasteiger partial charge on any atom is -0.321 e. The van der Waals surface area contributed by atoms with Gasteiger partial charge < -0.3 is 5.32 Å². The van der Waals surface area contributed by atoms with E-state index in [0.29, 0.717) is 24.4 Å². The van der Waals surface area contributed by atoms with Crippen molar-refractivity contribution < 1.29 is 13.6 Å². The molecule has 1 aromatic carbocycles. The van der Waals surface area contributed by atoms with Crippen LogP contribution in [0.25, 0.3) is 16.7 Å². The summed E-state index contributed by atoms with van der Waals surface area (Å²) in [6, 6.07) is 11.6. The number of aryl methyl sites for hydroxylation is 1. The third-order valence-corrected chi connectivity index (χ3v) is 7.04.